The summed E-state index contributed by atoms with van der Waals surface area (Å²) in [6.45, 7) is 2.43. The van der Waals surface area contributed by atoms with Crippen molar-refractivity contribution in [3.8, 4) is 5.75 Å². The van der Waals surface area contributed by atoms with Crippen molar-refractivity contribution in [3.05, 3.63) is 46.2 Å². The highest BCUT2D eigenvalue weighted by molar-refractivity contribution is 6.31. The molecule has 19 heavy (non-hydrogen) atoms. The molecule has 102 valence electrons. The number of hydrogen-bond donors (Lipinski definition) is 0. The summed E-state index contributed by atoms with van der Waals surface area (Å²) in [5.41, 5.74) is 2.82. The highest BCUT2D eigenvalue weighted by Gasteiger charge is 2.13. The minimum atomic E-state index is 0.397. The molecule has 0 fully saturated rings. The molecule has 1 heterocycles. The van der Waals surface area contributed by atoms with E-state index in [4.69, 9.17) is 27.9 Å². The van der Waals surface area contributed by atoms with Crippen LogP contribution in [-0.2, 0) is 26.0 Å². The van der Waals surface area contributed by atoms with E-state index in [1.165, 1.54) is 0 Å². The number of benzene rings is 1. The standard InChI is InChI=1S/C14H16Cl2N2O/c1-3-12-14(16)13(18(2)17-12)9-19-11-6-4-5-10(7-11)8-15/h4-7H,3,8-9H2,1-2H3. The quantitative estimate of drug-likeness (QED) is 0.782. The molecule has 0 aliphatic rings. The predicted octanol–water partition coefficient (Wildman–Crippen LogP) is 3.95. The number of alkyl halides is 1. The third-order valence-corrected chi connectivity index (χ3v) is 3.68. The molecular weight excluding hydrogens is 283 g/mol. The molecule has 0 aliphatic carbocycles. The molecule has 0 atom stereocenters. The Morgan fingerprint density at radius 2 is 2.16 bits per heavy atom. The van der Waals surface area contributed by atoms with E-state index in [2.05, 4.69) is 5.10 Å². The van der Waals surface area contributed by atoms with E-state index < -0.39 is 0 Å². The number of rotatable bonds is 5. The molecule has 0 bridgehead atoms. The zero-order chi connectivity index (χ0) is 13.8. The lowest BCUT2D eigenvalue weighted by Crippen LogP contribution is -2.03. The zero-order valence-corrected chi connectivity index (χ0v) is 12.5. The molecule has 0 radical (unpaired) electrons. The van der Waals surface area contributed by atoms with E-state index in [0.29, 0.717) is 17.5 Å². The lowest BCUT2D eigenvalue weighted by molar-refractivity contribution is 0.295. The second-order valence-electron chi connectivity index (χ2n) is 4.25. The average Bonchev–Trinajstić information content (AvgIpc) is 2.71. The number of aromatic nitrogens is 2. The van der Waals surface area contributed by atoms with Crippen LogP contribution in [-0.4, -0.2) is 9.78 Å². The number of ether oxygens (including phenoxy) is 1. The molecule has 0 saturated heterocycles. The minimum absolute atomic E-state index is 0.397. The minimum Gasteiger partial charge on any atom is -0.487 e. The molecule has 0 N–H and O–H groups in total. The molecule has 2 aromatic rings. The van der Waals surface area contributed by atoms with Crippen LogP contribution in [0.4, 0.5) is 0 Å². The molecule has 0 unspecified atom stereocenters. The van der Waals surface area contributed by atoms with Gasteiger partial charge in [-0.25, -0.2) is 0 Å². The third-order valence-electron chi connectivity index (χ3n) is 2.93. The topological polar surface area (TPSA) is 27.1 Å². The summed E-state index contributed by atoms with van der Waals surface area (Å²) < 4.78 is 7.52. The van der Waals surface area contributed by atoms with Gasteiger partial charge in [-0.15, -0.1) is 11.6 Å². The largest absolute Gasteiger partial charge is 0.487 e. The van der Waals surface area contributed by atoms with Gasteiger partial charge in [-0.2, -0.15) is 5.10 Å². The van der Waals surface area contributed by atoms with Crippen LogP contribution in [0.3, 0.4) is 0 Å². The van der Waals surface area contributed by atoms with Crippen LogP contribution in [0.25, 0.3) is 0 Å². The van der Waals surface area contributed by atoms with Crippen molar-refractivity contribution in [3.63, 3.8) is 0 Å². The van der Waals surface area contributed by atoms with Crippen LogP contribution < -0.4 is 4.74 Å². The van der Waals surface area contributed by atoms with Crippen molar-refractivity contribution < 1.29 is 4.74 Å². The van der Waals surface area contributed by atoms with Gasteiger partial charge in [-0.1, -0.05) is 30.7 Å². The van der Waals surface area contributed by atoms with Crippen LogP contribution in [0.2, 0.25) is 5.02 Å². The van der Waals surface area contributed by atoms with E-state index in [0.717, 1.165) is 29.1 Å². The lowest BCUT2D eigenvalue weighted by atomic mass is 10.2. The molecule has 0 aliphatic heterocycles. The third kappa shape index (κ3) is 3.23. The van der Waals surface area contributed by atoms with Crippen LogP contribution in [0, 0.1) is 0 Å². The van der Waals surface area contributed by atoms with Gasteiger partial charge < -0.3 is 4.74 Å². The number of halogens is 2. The highest BCUT2D eigenvalue weighted by Crippen LogP contribution is 2.23. The van der Waals surface area contributed by atoms with E-state index in [-0.39, 0.29) is 0 Å². The molecule has 0 amide bonds. The summed E-state index contributed by atoms with van der Waals surface area (Å²) in [6, 6.07) is 7.72. The second-order valence-corrected chi connectivity index (χ2v) is 4.90. The molecule has 0 saturated carbocycles. The van der Waals surface area contributed by atoms with Gasteiger partial charge in [-0.05, 0) is 24.1 Å². The second kappa shape index (κ2) is 6.31. The van der Waals surface area contributed by atoms with Crippen molar-refractivity contribution in [2.45, 2.75) is 25.8 Å². The fourth-order valence-corrected chi connectivity index (χ4v) is 2.36. The SMILES string of the molecule is CCc1nn(C)c(COc2cccc(CCl)c2)c1Cl. The van der Waals surface area contributed by atoms with Crippen molar-refractivity contribution in [2.75, 3.05) is 0 Å². The summed E-state index contributed by atoms with van der Waals surface area (Å²) in [7, 11) is 1.87. The van der Waals surface area contributed by atoms with E-state index in [9.17, 15) is 0 Å². The van der Waals surface area contributed by atoms with Crippen LogP contribution in [0.1, 0.15) is 23.9 Å². The Labute approximate surface area is 123 Å². The van der Waals surface area contributed by atoms with Crippen molar-refractivity contribution in [1.29, 1.82) is 0 Å². The maximum atomic E-state index is 6.27. The van der Waals surface area contributed by atoms with Gasteiger partial charge in [0.05, 0.1) is 16.4 Å². The number of hydrogen-bond acceptors (Lipinski definition) is 2. The Kier molecular flexibility index (Phi) is 4.72. The first-order chi connectivity index (χ1) is 9.15. The van der Waals surface area contributed by atoms with Gasteiger partial charge in [0.25, 0.3) is 0 Å². The van der Waals surface area contributed by atoms with Crippen LogP contribution in [0.15, 0.2) is 24.3 Å². The van der Waals surface area contributed by atoms with Gasteiger partial charge in [-0.3, -0.25) is 4.68 Å². The molecule has 2 rings (SSSR count). The summed E-state index contributed by atoms with van der Waals surface area (Å²) in [5, 5.41) is 5.05. The van der Waals surface area contributed by atoms with Crippen molar-refractivity contribution in [1.82, 2.24) is 9.78 Å². The first kappa shape index (κ1) is 14.2. The Bertz CT molecular complexity index is 567. The first-order valence-corrected chi connectivity index (χ1v) is 7.05. The van der Waals surface area contributed by atoms with E-state index >= 15 is 0 Å². The highest BCUT2D eigenvalue weighted by atomic mass is 35.5. The van der Waals surface area contributed by atoms with Gasteiger partial charge in [0.2, 0.25) is 0 Å². The van der Waals surface area contributed by atoms with Gasteiger partial charge in [0.15, 0.2) is 0 Å². The Balaban J connectivity index is 2.12. The summed E-state index contributed by atoms with van der Waals surface area (Å²) in [6.07, 6.45) is 0.814. The lowest BCUT2D eigenvalue weighted by Gasteiger charge is -2.08. The maximum Gasteiger partial charge on any atom is 0.131 e. The Morgan fingerprint density at radius 3 is 2.79 bits per heavy atom. The number of aryl methyl sites for hydroxylation is 2. The van der Waals surface area contributed by atoms with Gasteiger partial charge in [0.1, 0.15) is 12.4 Å². The predicted molar refractivity (Wildman–Crippen MR) is 77.9 cm³/mol. The van der Waals surface area contributed by atoms with Crippen LogP contribution in [0.5, 0.6) is 5.75 Å². The molecule has 1 aromatic heterocycles. The van der Waals surface area contributed by atoms with Crippen molar-refractivity contribution >= 4 is 23.2 Å². The average molecular weight is 299 g/mol. The first-order valence-electron chi connectivity index (χ1n) is 6.13. The normalized spacial score (nSPS) is 10.7. The van der Waals surface area contributed by atoms with E-state index in [1.807, 2.05) is 38.2 Å². The Hall–Kier alpha value is -1.19. The molecular formula is C14H16Cl2N2O. The summed E-state index contributed by atoms with van der Waals surface area (Å²) in [5.74, 6) is 1.26. The summed E-state index contributed by atoms with van der Waals surface area (Å²) >= 11 is 12.1. The van der Waals surface area contributed by atoms with Gasteiger partial charge in [0, 0.05) is 12.9 Å². The molecule has 0 spiro atoms. The monoisotopic (exact) mass is 298 g/mol. The number of nitrogens with zero attached hydrogens (tertiary/aromatic N) is 2. The maximum absolute atomic E-state index is 6.27. The van der Waals surface area contributed by atoms with E-state index in [1.54, 1.807) is 4.68 Å². The smallest absolute Gasteiger partial charge is 0.131 e. The summed E-state index contributed by atoms with van der Waals surface area (Å²) in [4.78, 5) is 0. The molecule has 1 aromatic carbocycles. The molecule has 5 heteroatoms. The molecule has 3 nitrogen and oxygen atoms in total. The fourth-order valence-electron chi connectivity index (χ4n) is 1.85. The van der Waals surface area contributed by atoms with Gasteiger partial charge >= 0.3 is 0 Å². The zero-order valence-electron chi connectivity index (χ0n) is 11.0. The van der Waals surface area contributed by atoms with Crippen molar-refractivity contribution in [2.24, 2.45) is 7.05 Å². The van der Waals surface area contributed by atoms with Crippen LogP contribution >= 0.6 is 23.2 Å². The fraction of sp³-hybridized carbons (Fsp3) is 0.357. The Morgan fingerprint density at radius 1 is 1.37 bits per heavy atom.